The van der Waals surface area contributed by atoms with Gasteiger partial charge in [0.05, 0.1) is 11.5 Å². The second-order valence-electron chi connectivity index (χ2n) is 6.01. The van der Waals surface area contributed by atoms with Crippen LogP contribution in [0.5, 0.6) is 5.75 Å². The molecule has 0 radical (unpaired) electrons. The molecule has 27 heavy (non-hydrogen) atoms. The number of esters is 1. The molecule has 0 unspecified atom stereocenters. The fourth-order valence-corrected chi connectivity index (χ4v) is 2.56. The highest BCUT2D eigenvalue weighted by Crippen LogP contribution is 2.24. The van der Waals surface area contributed by atoms with Crippen molar-refractivity contribution < 1.29 is 19.2 Å². The van der Waals surface area contributed by atoms with E-state index in [0.717, 1.165) is 17.7 Å². The van der Waals surface area contributed by atoms with Gasteiger partial charge in [-0.2, -0.15) is 0 Å². The van der Waals surface area contributed by atoms with Gasteiger partial charge in [-0.1, -0.05) is 19.1 Å². The number of benzene rings is 2. The monoisotopic (exact) mass is 366 g/mol. The third kappa shape index (κ3) is 4.20. The maximum Gasteiger partial charge on any atom is 0.363 e. The van der Waals surface area contributed by atoms with E-state index in [-0.39, 0.29) is 17.3 Å². The molecule has 0 spiro atoms. The highest BCUT2D eigenvalue weighted by atomic mass is 16.6. The third-order valence-electron chi connectivity index (χ3n) is 3.92. The van der Waals surface area contributed by atoms with Crippen molar-refractivity contribution in [1.82, 2.24) is 0 Å². The minimum Gasteiger partial charge on any atom is -0.494 e. The summed E-state index contributed by atoms with van der Waals surface area (Å²) in [4.78, 5) is 26.8. The van der Waals surface area contributed by atoms with Gasteiger partial charge < -0.3 is 9.47 Å². The number of aliphatic imine (C=N–C) groups is 1. The van der Waals surface area contributed by atoms with Crippen molar-refractivity contribution in [1.29, 1.82) is 0 Å². The van der Waals surface area contributed by atoms with E-state index in [4.69, 9.17) is 9.47 Å². The van der Waals surface area contributed by atoms with Crippen LogP contribution in [0.25, 0.3) is 6.08 Å². The number of hydrogen-bond acceptors (Lipinski definition) is 6. The van der Waals surface area contributed by atoms with Crippen LogP contribution in [0, 0.1) is 17.0 Å². The van der Waals surface area contributed by atoms with Gasteiger partial charge in [0.2, 0.25) is 5.90 Å². The van der Waals surface area contributed by atoms with Crippen molar-refractivity contribution in [2.75, 3.05) is 6.61 Å². The summed E-state index contributed by atoms with van der Waals surface area (Å²) in [7, 11) is 0. The lowest BCUT2D eigenvalue weighted by atomic mass is 10.1. The maximum atomic E-state index is 12.1. The normalized spacial score (nSPS) is 14.8. The molecule has 0 N–H and O–H groups in total. The Balaban J connectivity index is 1.82. The van der Waals surface area contributed by atoms with Crippen LogP contribution < -0.4 is 4.74 Å². The zero-order valence-electron chi connectivity index (χ0n) is 15.0. The van der Waals surface area contributed by atoms with Gasteiger partial charge in [0.25, 0.3) is 5.69 Å². The average molecular weight is 366 g/mol. The van der Waals surface area contributed by atoms with Gasteiger partial charge in [0.1, 0.15) is 5.75 Å². The van der Waals surface area contributed by atoms with E-state index >= 15 is 0 Å². The van der Waals surface area contributed by atoms with Gasteiger partial charge >= 0.3 is 5.97 Å². The standard InChI is InChI=1S/C20H18N2O5/c1-3-10-26-16-7-4-14(5-8-16)12-17-20(23)27-19(21-17)15-6-9-18(22(24)25)13(2)11-15/h4-9,11-12H,3,10H2,1-2H3/b17-12-. The van der Waals surface area contributed by atoms with Crippen LogP contribution in [0.15, 0.2) is 53.2 Å². The molecule has 0 saturated heterocycles. The second kappa shape index (κ2) is 7.82. The van der Waals surface area contributed by atoms with E-state index in [1.165, 1.54) is 12.1 Å². The zero-order valence-corrected chi connectivity index (χ0v) is 15.0. The Morgan fingerprint density at radius 3 is 2.59 bits per heavy atom. The zero-order chi connectivity index (χ0) is 19.4. The van der Waals surface area contributed by atoms with Gasteiger partial charge in [-0.25, -0.2) is 9.79 Å². The van der Waals surface area contributed by atoms with Crippen LogP contribution in [0.3, 0.4) is 0 Å². The summed E-state index contributed by atoms with van der Waals surface area (Å²) in [5, 5.41) is 10.9. The summed E-state index contributed by atoms with van der Waals surface area (Å²) < 4.78 is 10.7. The lowest BCUT2D eigenvalue weighted by molar-refractivity contribution is -0.385. The fourth-order valence-electron chi connectivity index (χ4n) is 2.56. The van der Waals surface area contributed by atoms with E-state index in [1.54, 1.807) is 19.1 Å². The summed E-state index contributed by atoms with van der Waals surface area (Å²) >= 11 is 0. The summed E-state index contributed by atoms with van der Waals surface area (Å²) in [6, 6.07) is 11.8. The molecule has 1 aliphatic heterocycles. The number of nitro groups is 1. The molecule has 7 heteroatoms. The Kier molecular flexibility index (Phi) is 5.30. The molecule has 0 aromatic heterocycles. The summed E-state index contributed by atoms with van der Waals surface area (Å²) in [6.45, 7) is 4.31. The van der Waals surface area contributed by atoms with Crippen LogP contribution in [0.4, 0.5) is 5.69 Å². The number of carbonyl (C=O) groups is 1. The van der Waals surface area contributed by atoms with Gasteiger partial charge in [-0.05, 0) is 49.2 Å². The number of cyclic esters (lactones) is 1. The van der Waals surface area contributed by atoms with Crippen LogP contribution in [-0.2, 0) is 9.53 Å². The third-order valence-corrected chi connectivity index (χ3v) is 3.92. The molecule has 0 bridgehead atoms. The highest BCUT2D eigenvalue weighted by molar-refractivity contribution is 6.13. The SMILES string of the molecule is CCCOc1ccc(/C=C2\N=C(c3ccc([N+](=O)[O-])c(C)c3)OC2=O)cc1. The lowest BCUT2D eigenvalue weighted by Gasteiger charge is -2.04. The first-order chi connectivity index (χ1) is 13.0. The van der Waals surface area contributed by atoms with Crippen LogP contribution in [-0.4, -0.2) is 23.4 Å². The molecule has 1 aliphatic rings. The van der Waals surface area contributed by atoms with Crippen molar-refractivity contribution in [2.45, 2.75) is 20.3 Å². The Bertz CT molecular complexity index is 945. The quantitative estimate of drug-likeness (QED) is 0.333. The Labute approximate surface area is 156 Å². The molecule has 3 rings (SSSR count). The van der Waals surface area contributed by atoms with Crippen molar-refractivity contribution in [3.63, 3.8) is 0 Å². The first-order valence-electron chi connectivity index (χ1n) is 8.48. The first kappa shape index (κ1) is 18.3. The van der Waals surface area contributed by atoms with Crippen molar-refractivity contribution in [2.24, 2.45) is 4.99 Å². The molecule has 138 valence electrons. The predicted molar refractivity (Wildman–Crippen MR) is 101 cm³/mol. The van der Waals surface area contributed by atoms with Crippen molar-refractivity contribution >= 4 is 23.6 Å². The molecule has 0 fully saturated rings. The van der Waals surface area contributed by atoms with Crippen molar-refractivity contribution in [3.05, 3.63) is 75.0 Å². The molecule has 2 aromatic carbocycles. The number of nitro benzene ring substituents is 1. The maximum absolute atomic E-state index is 12.1. The molecule has 0 aliphatic carbocycles. The van der Waals surface area contributed by atoms with Crippen molar-refractivity contribution in [3.8, 4) is 5.75 Å². The van der Waals surface area contributed by atoms with Crippen LogP contribution in [0.2, 0.25) is 0 Å². The number of nitrogens with zero attached hydrogens (tertiary/aromatic N) is 2. The van der Waals surface area contributed by atoms with Gasteiger partial charge in [-0.15, -0.1) is 0 Å². The van der Waals surface area contributed by atoms with Gasteiger partial charge in [0, 0.05) is 17.2 Å². The fraction of sp³-hybridized carbons (Fsp3) is 0.200. The number of aryl methyl sites for hydroxylation is 1. The Morgan fingerprint density at radius 2 is 1.96 bits per heavy atom. The summed E-state index contributed by atoms with van der Waals surface area (Å²) in [5.41, 5.74) is 1.94. The first-order valence-corrected chi connectivity index (χ1v) is 8.48. The Morgan fingerprint density at radius 1 is 1.22 bits per heavy atom. The Hall–Kier alpha value is -3.48. The molecular weight excluding hydrogens is 348 g/mol. The predicted octanol–water partition coefficient (Wildman–Crippen LogP) is 4.04. The number of hydrogen-bond donors (Lipinski definition) is 0. The minimum absolute atomic E-state index is 0.00446. The lowest BCUT2D eigenvalue weighted by Crippen LogP contribution is -2.06. The van der Waals surface area contributed by atoms with E-state index in [2.05, 4.69) is 4.99 Å². The molecule has 1 heterocycles. The smallest absolute Gasteiger partial charge is 0.363 e. The topological polar surface area (TPSA) is 91.0 Å². The van der Waals surface area contributed by atoms with Gasteiger partial charge in [0.15, 0.2) is 5.70 Å². The van der Waals surface area contributed by atoms with Gasteiger partial charge in [-0.3, -0.25) is 10.1 Å². The minimum atomic E-state index is -0.563. The van der Waals surface area contributed by atoms with Crippen LogP contribution >= 0.6 is 0 Å². The van der Waals surface area contributed by atoms with E-state index < -0.39 is 10.9 Å². The second-order valence-corrected chi connectivity index (χ2v) is 6.01. The molecular formula is C20H18N2O5. The summed E-state index contributed by atoms with van der Waals surface area (Å²) in [6.07, 6.45) is 2.55. The molecule has 0 saturated carbocycles. The van der Waals surface area contributed by atoms with E-state index in [1.807, 2.05) is 31.2 Å². The number of rotatable bonds is 6. The van der Waals surface area contributed by atoms with E-state index in [9.17, 15) is 14.9 Å². The summed E-state index contributed by atoms with van der Waals surface area (Å²) in [5.74, 6) is 0.331. The van der Waals surface area contributed by atoms with E-state index in [0.29, 0.717) is 17.7 Å². The number of carbonyl (C=O) groups excluding carboxylic acids is 1. The molecule has 7 nitrogen and oxygen atoms in total. The largest absolute Gasteiger partial charge is 0.494 e. The highest BCUT2D eigenvalue weighted by Gasteiger charge is 2.25. The molecule has 0 atom stereocenters. The number of ether oxygens (including phenoxy) is 2. The molecule has 2 aromatic rings. The average Bonchev–Trinajstić information content (AvgIpc) is 3.01. The molecule has 0 amide bonds. The van der Waals surface area contributed by atoms with Crippen LogP contribution in [0.1, 0.15) is 30.0 Å².